The van der Waals surface area contributed by atoms with Gasteiger partial charge in [-0.3, -0.25) is 9.69 Å². The van der Waals surface area contributed by atoms with E-state index in [0.717, 1.165) is 25.0 Å². The van der Waals surface area contributed by atoms with E-state index in [-0.39, 0.29) is 37.1 Å². The number of carbonyl (C=O) groups is 1. The molecule has 0 spiro atoms. The first-order valence-electron chi connectivity index (χ1n) is 10.6. The minimum Gasteiger partial charge on any atom is -0.447 e. The number of hydrogen-bond acceptors (Lipinski definition) is 4. The fourth-order valence-electron chi connectivity index (χ4n) is 3.92. The van der Waals surface area contributed by atoms with Crippen molar-refractivity contribution < 1.29 is 26.8 Å². The van der Waals surface area contributed by atoms with Gasteiger partial charge in [-0.05, 0) is 42.2 Å². The molecule has 3 aromatic rings. The fraction of sp³-hybridized carbons (Fsp3) is 0.333. The molecule has 0 atom stereocenters. The molecular formula is C24H23F4N3O2. The number of carbonyl (C=O) groups excluding carboxylic acids is 1. The number of amides is 1. The second kappa shape index (κ2) is 9.74. The van der Waals surface area contributed by atoms with Crippen molar-refractivity contribution in [1.82, 2.24) is 14.8 Å². The Morgan fingerprint density at radius 3 is 2.33 bits per heavy atom. The third-order valence-electron chi connectivity index (χ3n) is 5.48. The lowest BCUT2D eigenvalue weighted by atomic mass is 10.1. The Labute approximate surface area is 188 Å². The molecule has 9 heteroatoms. The smallest absolute Gasteiger partial charge is 0.416 e. The fourth-order valence-corrected chi connectivity index (χ4v) is 3.92. The summed E-state index contributed by atoms with van der Waals surface area (Å²) < 4.78 is 58.6. The number of nitrogens with zero attached hydrogens (tertiary/aromatic N) is 3. The number of hydrogen-bond donors (Lipinski definition) is 0. The molecule has 0 unspecified atom stereocenters. The first-order chi connectivity index (χ1) is 15.8. The van der Waals surface area contributed by atoms with Gasteiger partial charge in [0, 0.05) is 26.2 Å². The molecule has 174 valence electrons. The molecule has 1 aliphatic rings. The van der Waals surface area contributed by atoms with Gasteiger partial charge in [0.25, 0.3) is 5.91 Å². The molecule has 0 radical (unpaired) electrons. The van der Waals surface area contributed by atoms with Crippen LogP contribution in [0.3, 0.4) is 0 Å². The molecule has 0 saturated carbocycles. The van der Waals surface area contributed by atoms with Gasteiger partial charge in [0.2, 0.25) is 5.89 Å². The topological polar surface area (TPSA) is 49.6 Å². The predicted octanol–water partition coefficient (Wildman–Crippen LogP) is 5.27. The number of likely N-dealkylation sites (tertiary alicyclic amines) is 1. The van der Waals surface area contributed by atoms with E-state index in [9.17, 15) is 22.4 Å². The van der Waals surface area contributed by atoms with Gasteiger partial charge in [-0.1, -0.05) is 30.3 Å². The van der Waals surface area contributed by atoms with Crippen LogP contribution in [0.4, 0.5) is 17.6 Å². The molecule has 33 heavy (non-hydrogen) atoms. The van der Waals surface area contributed by atoms with Crippen molar-refractivity contribution in [3.8, 4) is 0 Å². The highest BCUT2D eigenvalue weighted by Gasteiger charge is 2.30. The monoisotopic (exact) mass is 461 g/mol. The molecule has 0 N–H and O–H groups in total. The van der Waals surface area contributed by atoms with E-state index in [1.807, 2.05) is 0 Å². The Morgan fingerprint density at radius 1 is 1.00 bits per heavy atom. The first-order valence-corrected chi connectivity index (χ1v) is 10.6. The minimum absolute atomic E-state index is 0.139. The maximum Gasteiger partial charge on any atom is 0.416 e. The average Bonchev–Trinajstić information content (AvgIpc) is 3.45. The number of rotatable bonds is 7. The van der Waals surface area contributed by atoms with Crippen LogP contribution in [-0.4, -0.2) is 33.8 Å². The summed E-state index contributed by atoms with van der Waals surface area (Å²) in [5.74, 6) is -0.334. The Hall–Kier alpha value is -3.20. The Balaban J connectivity index is 1.54. The molecule has 1 aromatic heterocycles. The highest BCUT2D eigenvalue weighted by Crippen LogP contribution is 2.30. The Kier molecular flexibility index (Phi) is 6.78. The molecule has 5 nitrogen and oxygen atoms in total. The van der Waals surface area contributed by atoms with Gasteiger partial charge >= 0.3 is 6.18 Å². The Morgan fingerprint density at radius 2 is 1.67 bits per heavy atom. The van der Waals surface area contributed by atoms with Crippen LogP contribution >= 0.6 is 0 Å². The van der Waals surface area contributed by atoms with Crippen LogP contribution in [0.25, 0.3) is 0 Å². The van der Waals surface area contributed by atoms with Crippen molar-refractivity contribution in [1.29, 1.82) is 0 Å². The van der Waals surface area contributed by atoms with Crippen LogP contribution in [0, 0.1) is 5.82 Å². The van der Waals surface area contributed by atoms with Gasteiger partial charge in [0.15, 0.2) is 5.69 Å². The van der Waals surface area contributed by atoms with Gasteiger partial charge in [-0.15, -0.1) is 0 Å². The van der Waals surface area contributed by atoms with Crippen LogP contribution in [0.15, 0.2) is 59.2 Å². The SMILES string of the molecule is O=C(c1coc(CN(Cc2cccc(F)c2)Cc2cccc(C(F)(F)F)c2)n1)N1CCCC1. The van der Waals surface area contributed by atoms with Crippen LogP contribution < -0.4 is 0 Å². The zero-order chi connectivity index (χ0) is 23.4. The van der Waals surface area contributed by atoms with Crippen LogP contribution in [0.1, 0.15) is 45.9 Å². The van der Waals surface area contributed by atoms with Crippen molar-refractivity contribution in [2.24, 2.45) is 0 Å². The summed E-state index contributed by atoms with van der Waals surface area (Å²) in [7, 11) is 0. The zero-order valence-electron chi connectivity index (χ0n) is 17.8. The Bertz CT molecular complexity index is 1110. The van der Waals surface area contributed by atoms with Crippen LogP contribution in [-0.2, 0) is 25.8 Å². The zero-order valence-corrected chi connectivity index (χ0v) is 17.8. The van der Waals surface area contributed by atoms with Crippen molar-refractivity contribution in [3.63, 3.8) is 0 Å². The lowest BCUT2D eigenvalue weighted by Crippen LogP contribution is -2.28. The number of oxazole rings is 1. The standard InChI is InChI=1S/C24H23F4N3O2/c25-20-8-4-6-18(12-20)14-30(13-17-5-3-7-19(11-17)24(26,27)28)15-22-29-21(16-33-22)23(32)31-9-1-2-10-31/h3-8,11-12,16H,1-2,9-10,13-15H2. The van der Waals surface area contributed by atoms with Gasteiger partial charge in [0.1, 0.15) is 12.1 Å². The summed E-state index contributed by atoms with van der Waals surface area (Å²) in [5, 5.41) is 0. The summed E-state index contributed by atoms with van der Waals surface area (Å²) in [4.78, 5) is 20.3. The third-order valence-corrected chi connectivity index (χ3v) is 5.48. The minimum atomic E-state index is -4.45. The normalized spacial score (nSPS) is 14.3. The summed E-state index contributed by atoms with van der Waals surface area (Å²) in [6.07, 6.45) is -1.23. The molecule has 2 heterocycles. The van der Waals surface area contributed by atoms with Crippen molar-refractivity contribution in [2.45, 2.75) is 38.7 Å². The van der Waals surface area contributed by atoms with E-state index in [4.69, 9.17) is 4.42 Å². The van der Waals surface area contributed by atoms with E-state index < -0.39 is 17.6 Å². The van der Waals surface area contributed by atoms with Gasteiger partial charge in [-0.2, -0.15) is 13.2 Å². The summed E-state index contributed by atoms with van der Waals surface area (Å²) in [5.41, 5.74) is 0.569. The lowest BCUT2D eigenvalue weighted by Gasteiger charge is -2.21. The van der Waals surface area contributed by atoms with Crippen molar-refractivity contribution in [3.05, 3.63) is 88.9 Å². The molecular weight excluding hydrogens is 438 g/mol. The first kappa shape index (κ1) is 23.0. The maximum absolute atomic E-state index is 13.7. The van der Waals surface area contributed by atoms with E-state index >= 15 is 0 Å². The van der Waals surface area contributed by atoms with E-state index in [1.54, 1.807) is 28.0 Å². The largest absolute Gasteiger partial charge is 0.447 e. The van der Waals surface area contributed by atoms with E-state index in [2.05, 4.69) is 4.98 Å². The molecule has 1 fully saturated rings. The molecule has 0 bridgehead atoms. The van der Waals surface area contributed by atoms with E-state index in [1.165, 1.54) is 24.5 Å². The average molecular weight is 461 g/mol. The molecule has 4 rings (SSSR count). The van der Waals surface area contributed by atoms with E-state index in [0.29, 0.717) is 24.2 Å². The number of aromatic nitrogens is 1. The summed E-state index contributed by atoms with van der Waals surface area (Å²) in [6.45, 7) is 1.91. The highest BCUT2D eigenvalue weighted by molar-refractivity contribution is 5.92. The van der Waals surface area contributed by atoms with Gasteiger partial charge in [0.05, 0.1) is 12.1 Å². The molecule has 0 aliphatic carbocycles. The second-order valence-electron chi connectivity index (χ2n) is 8.10. The lowest BCUT2D eigenvalue weighted by molar-refractivity contribution is -0.137. The quantitative estimate of drug-likeness (QED) is 0.450. The van der Waals surface area contributed by atoms with Gasteiger partial charge < -0.3 is 9.32 Å². The number of alkyl halides is 3. The summed E-state index contributed by atoms with van der Waals surface area (Å²) >= 11 is 0. The molecule has 1 amide bonds. The maximum atomic E-state index is 13.7. The summed E-state index contributed by atoms with van der Waals surface area (Å²) in [6, 6.07) is 11.1. The third kappa shape index (κ3) is 5.98. The number of benzene rings is 2. The van der Waals surface area contributed by atoms with Crippen LogP contribution in [0.2, 0.25) is 0 Å². The second-order valence-corrected chi connectivity index (χ2v) is 8.10. The molecule has 2 aromatic carbocycles. The molecule has 1 saturated heterocycles. The molecule has 1 aliphatic heterocycles. The number of halogens is 4. The van der Waals surface area contributed by atoms with Gasteiger partial charge in [-0.25, -0.2) is 9.37 Å². The highest BCUT2D eigenvalue weighted by atomic mass is 19.4. The predicted molar refractivity (Wildman–Crippen MR) is 112 cm³/mol. The van der Waals surface area contributed by atoms with Crippen molar-refractivity contribution >= 4 is 5.91 Å². The van der Waals surface area contributed by atoms with Crippen molar-refractivity contribution in [2.75, 3.05) is 13.1 Å². The van der Waals surface area contributed by atoms with Crippen LogP contribution in [0.5, 0.6) is 0 Å².